The summed E-state index contributed by atoms with van der Waals surface area (Å²) in [5, 5.41) is 4.55. The van der Waals surface area contributed by atoms with Gasteiger partial charge in [0.05, 0.1) is 11.0 Å². The first-order valence-electron chi connectivity index (χ1n) is 12.4. The van der Waals surface area contributed by atoms with Gasteiger partial charge in [-0.3, -0.25) is 0 Å². The average molecular weight is 479 g/mol. The van der Waals surface area contributed by atoms with Crippen molar-refractivity contribution in [3.05, 3.63) is 28.8 Å². The quantitative estimate of drug-likeness (QED) is 0.485. The van der Waals surface area contributed by atoms with Gasteiger partial charge in [-0.1, -0.05) is 60.6 Å². The maximum Gasteiger partial charge on any atom is 0.277 e. The number of sulfonamides is 1. The minimum absolute atomic E-state index is 0.00372. The van der Waals surface area contributed by atoms with Crippen molar-refractivity contribution < 1.29 is 17.9 Å². The second-order valence-electron chi connectivity index (χ2n) is 10.8. The van der Waals surface area contributed by atoms with E-state index in [1.165, 1.54) is 5.56 Å². The summed E-state index contributed by atoms with van der Waals surface area (Å²) in [7, 11) is -2.17. The molecular weight excluding hydrogens is 436 g/mol. The zero-order valence-corrected chi connectivity index (χ0v) is 22.4. The van der Waals surface area contributed by atoms with Gasteiger partial charge < -0.3 is 9.47 Å². The molecule has 1 saturated carbocycles. The molecule has 1 aliphatic carbocycles. The van der Waals surface area contributed by atoms with Crippen molar-refractivity contribution in [3.63, 3.8) is 0 Å². The van der Waals surface area contributed by atoms with E-state index in [-0.39, 0.29) is 29.6 Å². The first-order valence-corrected chi connectivity index (χ1v) is 13.8. The summed E-state index contributed by atoms with van der Waals surface area (Å²) in [6.45, 7) is 14.6. The number of rotatable bonds is 7. The monoisotopic (exact) mass is 478 g/mol. The van der Waals surface area contributed by atoms with E-state index < -0.39 is 10.0 Å². The Morgan fingerprint density at radius 3 is 2.18 bits per heavy atom. The van der Waals surface area contributed by atoms with Crippen molar-refractivity contribution in [2.75, 3.05) is 7.11 Å². The Labute approximate surface area is 200 Å². The number of ether oxygens (including phenoxy) is 2. The Bertz CT molecular complexity index is 955. The molecular formula is C26H42N2O4S. The molecule has 0 bridgehead atoms. The molecule has 33 heavy (non-hydrogen) atoms. The van der Waals surface area contributed by atoms with Gasteiger partial charge in [-0.05, 0) is 66.5 Å². The van der Waals surface area contributed by atoms with Crippen LogP contribution in [0.15, 0.2) is 22.1 Å². The Kier molecular flexibility index (Phi) is 7.97. The van der Waals surface area contributed by atoms with E-state index in [2.05, 4.69) is 42.8 Å². The van der Waals surface area contributed by atoms with Crippen molar-refractivity contribution in [2.24, 2.45) is 10.5 Å². The number of hydrogen-bond donors (Lipinski definition) is 1. The number of nitrogens with one attached hydrogen (secondary N) is 1. The van der Waals surface area contributed by atoms with Crippen LogP contribution in [0, 0.1) is 5.41 Å². The first kappa shape index (κ1) is 26.2. The number of hydrogen-bond acceptors (Lipinski definition) is 5. The van der Waals surface area contributed by atoms with E-state index in [4.69, 9.17) is 9.47 Å². The summed E-state index contributed by atoms with van der Waals surface area (Å²) in [4.78, 5) is 3.03. The Morgan fingerprint density at radius 1 is 1.06 bits per heavy atom. The average Bonchev–Trinajstić information content (AvgIpc) is 2.76. The highest BCUT2D eigenvalue weighted by atomic mass is 32.2. The molecule has 1 N–H and O–H groups in total. The van der Waals surface area contributed by atoms with Crippen molar-refractivity contribution in [1.29, 1.82) is 0 Å². The molecule has 0 spiro atoms. The third-order valence-electron chi connectivity index (χ3n) is 7.38. The van der Waals surface area contributed by atoms with Crippen LogP contribution in [0.2, 0.25) is 0 Å². The SMILES string of the molecule is CO[C@@H]1CC[C@@]2(C)/C(=N/NS(=O)(=O)c3c(C(C)C)cc(C(C)C)cc3C(C)C)CCC[C@@H]2O1. The van der Waals surface area contributed by atoms with Crippen LogP contribution in [-0.2, 0) is 19.5 Å². The van der Waals surface area contributed by atoms with Gasteiger partial charge in [0.15, 0.2) is 6.29 Å². The summed E-state index contributed by atoms with van der Waals surface area (Å²) in [6, 6.07) is 4.11. The molecule has 6 nitrogen and oxygen atoms in total. The first-order chi connectivity index (χ1) is 15.4. The van der Waals surface area contributed by atoms with E-state index in [0.717, 1.165) is 48.9 Å². The third kappa shape index (κ3) is 5.30. The summed E-state index contributed by atoms with van der Waals surface area (Å²) < 4.78 is 39.0. The molecule has 0 radical (unpaired) electrons. The van der Waals surface area contributed by atoms with Crippen molar-refractivity contribution in [2.45, 2.75) is 116 Å². The second kappa shape index (κ2) is 10.0. The zero-order chi connectivity index (χ0) is 24.6. The van der Waals surface area contributed by atoms with Crippen LogP contribution in [0.5, 0.6) is 0 Å². The van der Waals surface area contributed by atoms with Crippen molar-refractivity contribution in [3.8, 4) is 0 Å². The fourth-order valence-corrected chi connectivity index (χ4v) is 6.69. The minimum Gasteiger partial charge on any atom is -0.356 e. The second-order valence-corrected chi connectivity index (χ2v) is 12.4. The topological polar surface area (TPSA) is 77.0 Å². The van der Waals surface area contributed by atoms with Gasteiger partial charge in [0.2, 0.25) is 0 Å². The van der Waals surface area contributed by atoms with Gasteiger partial charge in [0.1, 0.15) is 0 Å². The lowest BCUT2D eigenvalue weighted by Crippen LogP contribution is -2.51. The molecule has 3 atom stereocenters. The van der Waals surface area contributed by atoms with Gasteiger partial charge in [-0.2, -0.15) is 13.5 Å². The molecule has 1 heterocycles. The number of nitrogens with zero attached hydrogens (tertiary/aromatic N) is 1. The van der Waals surface area contributed by atoms with E-state index in [0.29, 0.717) is 10.8 Å². The molecule has 3 rings (SSSR count). The number of methoxy groups -OCH3 is 1. The predicted molar refractivity (Wildman–Crippen MR) is 133 cm³/mol. The minimum atomic E-state index is -3.84. The van der Waals surface area contributed by atoms with Crippen LogP contribution < -0.4 is 4.83 Å². The van der Waals surface area contributed by atoms with Gasteiger partial charge >= 0.3 is 0 Å². The number of fused-ring (bicyclic) bond motifs is 1. The lowest BCUT2D eigenvalue weighted by molar-refractivity contribution is -0.210. The fourth-order valence-electron chi connectivity index (χ4n) is 5.16. The molecule has 1 aromatic carbocycles. The smallest absolute Gasteiger partial charge is 0.277 e. The van der Waals surface area contributed by atoms with Crippen molar-refractivity contribution in [1.82, 2.24) is 4.83 Å². The summed E-state index contributed by atoms with van der Waals surface area (Å²) in [6.07, 6.45) is 4.09. The maximum absolute atomic E-state index is 13.7. The number of benzene rings is 1. The largest absolute Gasteiger partial charge is 0.356 e. The molecule has 0 unspecified atom stereocenters. The molecule has 1 aromatic rings. The highest BCUT2D eigenvalue weighted by molar-refractivity contribution is 7.89. The van der Waals surface area contributed by atoms with E-state index in [9.17, 15) is 8.42 Å². The van der Waals surface area contributed by atoms with Crippen LogP contribution in [0.3, 0.4) is 0 Å². The van der Waals surface area contributed by atoms with Gasteiger partial charge in [-0.25, -0.2) is 4.83 Å². The molecule has 1 saturated heterocycles. The Balaban J connectivity index is 2.00. The zero-order valence-electron chi connectivity index (χ0n) is 21.6. The van der Waals surface area contributed by atoms with Gasteiger partial charge in [-0.15, -0.1) is 0 Å². The normalized spacial score (nSPS) is 27.4. The molecule has 7 heteroatoms. The standard InChI is InChI=1S/C26H42N2O4S/c1-16(2)19-14-20(17(3)4)25(21(15-19)18(5)6)33(29,30)28-27-22-10-9-11-23-26(22,7)13-12-24(31-8)32-23/h14-18,23-24,28H,9-13H2,1-8H3/b27-22+/t23-,24-,26-/m0/s1. The summed E-state index contributed by atoms with van der Waals surface area (Å²) in [5.41, 5.74) is 3.48. The maximum atomic E-state index is 13.7. The van der Waals surface area contributed by atoms with E-state index in [1.54, 1.807) is 7.11 Å². The highest BCUT2D eigenvalue weighted by Gasteiger charge is 2.47. The lowest BCUT2D eigenvalue weighted by atomic mass is 9.67. The molecule has 0 amide bonds. The predicted octanol–water partition coefficient (Wildman–Crippen LogP) is 6.03. The van der Waals surface area contributed by atoms with Gasteiger partial charge in [0, 0.05) is 18.2 Å². The number of hydrazone groups is 1. The Morgan fingerprint density at radius 2 is 1.67 bits per heavy atom. The lowest BCUT2D eigenvalue weighted by Gasteiger charge is -2.47. The van der Waals surface area contributed by atoms with Gasteiger partial charge in [0.25, 0.3) is 10.0 Å². The summed E-state index contributed by atoms with van der Waals surface area (Å²) >= 11 is 0. The van der Waals surface area contributed by atoms with E-state index >= 15 is 0 Å². The molecule has 2 fully saturated rings. The molecule has 186 valence electrons. The third-order valence-corrected chi connectivity index (χ3v) is 8.72. The van der Waals surface area contributed by atoms with Crippen LogP contribution in [0.25, 0.3) is 0 Å². The highest BCUT2D eigenvalue weighted by Crippen LogP contribution is 2.44. The van der Waals surface area contributed by atoms with Crippen LogP contribution >= 0.6 is 0 Å². The molecule has 2 aliphatic rings. The fraction of sp³-hybridized carbons (Fsp3) is 0.731. The molecule has 1 aliphatic heterocycles. The van der Waals surface area contributed by atoms with E-state index in [1.807, 2.05) is 27.7 Å². The summed E-state index contributed by atoms with van der Waals surface area (Å²) in [5.74, 6) is 0.482. The molecule has 0 aromatic heterocycles. The van der Waals surface area contributed by atoms with Crippen LogP contribution in [0.1, 0.15) is 115 Å². The van der Waals surface area contributed by atoms with Crippen LogP contribution in [0.4, 0.5) is 0 Å². The Hall–Kier alpha value is -1.44. The van der Waals surface area contributed by atoms with Crippen molar-refractivity contribution >= 4 is 15.7 Å². The van der Waals surface area contributed by atoms with Crippen LogP contribution in [-0.4, -0.2) is 33.6 Å².